The Labute approximate surface area is 103 Å². The van der Waals surface area contributed by atoms with Gasteiger partial charge in [-0.05, 0) is 44.7 Å². The van der Waals surface area contributed by atoms with E-state index in [0.717, 1.165) is 24.9 Å². The molecule has 0 bridgehead atoms. The Morgan fingerprint density at radius 3 is 2.82 bits per heavy atom. The fraction of sp³-hybridized carbons (Fsp3) is 0.500. The van der Waals surface area contributed by atoms with Gasteiger partial charge in [-0.1, -0.05) is 12.1 Å². The number of carbonyl (C=O) groups is 1. The summed E-state index contributed by atoms with van der Waals surface area (Å²) in [5.41, 5.74) is 8.16. The van der Waals surface area contributed by atoms with E-state index in [2.05, 4.69) is 6.92 Å². The zero-order valence-electron chi connectivity index (χ0n) is 10.6. The van der Waals surface area contributed by atoms with Crippen molar-refractivity contribution in [2.24, 2.45) is 0 Å². The van der Waals surface area contributed by atoms with Crippen molar-refractivity contribution in [2.75, 3.05) is 12.3 Å². The molecule has 1 amide bonds. The molecule has 3 heteroatoms. The van der Waals surface area contributed by atoms with Crippen molar-refractivity contribution in [3.63, 3.8) is 0 Å². The number of nitrogen functional groups attached to an aromatic ring is 1. The number of amides is 1. The molecule has 1 aromatic rings. The van der Waals surface area contributed by atoms with Gasteiger partial charge in [-0.3, -0.25) is 4.79 Å². The van der Waals surface area contributed by atoms with E-state index >= 15 is 0 Å². The van der Waals surface area contributed by atoms with Gasteiger partial charge in [-0.15, -0.1) is 0 Å². The monoisotopic (exact) mass is 232 g/mol. The number of benzene rings is 1. The van der Waals surface area contributed by atoms with Gasteiger partial charge in [-0.2, -0.15) is 0 Å². The zero-order valence-corrected chi connectivity index (χ0v) is 10.6. The Hall–Kier alpha value is -1.51. The first-order chi connectivity index (χ1) is 8.11. The first-order valence-electron chi connectivity index (χ1n) is 6.27. The second-order valence-corrected chi connectivity index (χ2v) is 4.88. The molecule has 92 valence electrons. The van der Waals surface area contributed by atoms with Gasteiger partial charge < -0.3 is 10.6 Å². The van der Waals surface area contributed by atoms with Crippen LogP contribution in [0.2, 0.25) is 0 Å². The number of hydrogen-bond donors (Lipinski definition) is 1. The molecule has 0 spiro atoms. The molecule has 1 saturated heterocycles. The van der Waals surface area contributed by atoms with Crippen LogP contribution in [0.15, 0.2) is 18.2 Å². The van der Waals surface area contributed by atoms with Gasteiger partial charge in [0, 0.05) is 18.3 Å². The summed E-state index contributed by atoms with van der Waals surface area (Å²) in [7, 11) is 0. The van der Waals surface area contributed by atoms with Gasteiger partial charge in [0.1, 0.15) is 0 Å². The number of rotatable bonds is 1. The highest BCUT2D eigenvalue weighted by atomic mass is 16.2. The second-order valence-electron chi connectivity index (χ2n) is 4.88. The van der Waals surface area contributed by atoms with Crippen LogP contribution >= 0.6 is 0 Å². The maximum atomic E-state index is 12.5. The lowest BCUT2D eigenvalue weighted by molar-refractivity contribution is 0.0636. The van der Waals surface area contributed by atoms with E-state index in [1.807, 2.05) is 24.0 Å². The molecule has 1 aromatic carbocycles. The fourth-order valence-electron chi connectivity index (χ4n) is 2.53. The van der Waals surface area contributed by atoms with Gasteiger partial charge in [-0.25, -0.2) is 0 Å². The van der Waals surface area contributed by atoms with Crippen molar-refractivity contribution in [1.82, 2.24) is 4.90 Å². The van der Waals surface area contributed by atoms with Gasteiger partial charge in [0.25, 0.3) is 5.91 Å². The average Bonchev–Trinajstić information content (AvgIpc) is 2.29. The zero-order chi connectivity index (χ0) is 12.4. The van der Waals surface area contributed by atoms with Gasteiger partial charge >= 0.3 is 0 Å². The minimum absolute atomic E-state index is 0.0906. The van der Waals surface area contributed by atoms with E-state index in [1.54, 1.807) is 6.07 Å². The van der Waals surface area contributed by atoms with Crippen molar-refractivity contribution in [1.29, 1.82) is 0 Å². The fourth-order valence-corrected chi connectivity index (χ4v) is 2.53. The van der Waals surface area contributed by atoms with Crippen molar-refractivity contribution < 1.29 is 4.79 Å². The predicted molar refractivity (Wildman–Crippen MR) is 69.9 cm³/mol. The number of carbonyl (C=O) groups excluding carboxylic acids is 1. The van der Waals surface area contributed by atoms with Crippen LogP contribution in [-0.2, 0) is 0 Å². The molecular weight excluding hydrogens is 212 g/mol. The highest BCUT2D eigenvalue weighted by Crippen LogP contribution is 2.23. The Kier molecular flexibility index (Phi) is 3.36. The summed E-state index contributed by atoms with van der Waals surface area (Å²) < 4.78 is 0. The maximum Gasteiger partial charge on any atom is 0.256 e. The van der Waals surface area contributed by atoms with Crippen molar-refractivity contribution >= 4 is 11.6 Å². The lowest BCUT2D eigenvalue weighted by Crippen LogP contribution is -2.42. The van der Waals surface area contributed by atoms with Gasteiger partial charge in [0.2, 0.25) is 0 Å². The summed E-state index contributed by atoms with van der Waals surface area (Å²) in [6.45, 7) is 4.91. The molecule has 1 fully saturated rings. The first kappa shape index (κ1) is 12.0. The van der Waals surface area contributed by atoms with Crippen molar-refractivity contribution in [3.8, 4) is 0 Å². The van der Waals surface area contributed by atoms with E-state index in [9.17, 15) is 4.79 Å². The SMILES string of the molecule is Cc1cccc(N)c1C(=O)N1CCCCC1C. The number of anilines is 1. The highest BCUT2D eigenvalue weighted by Gasteiger charge is 2.26. The van der Waals surface area contributed by atoms with Crippen LogP contribution in [0.1, 0.15) is 42.1 Å². The number of nitrogens with zero attached hydrogens (tertiary/aromatic N) is 1. The smallest absolute Gasteiger partial charge is 0.256 e. The lowest BCUT2D eigenvalue weighted by Gasteiger charge is -2.34. The summed E-state index contributed by atoms with van der Waals surface area (Å²) >= 11 is 0. The molecule has 2 rings (SSSR count). The molecule has 0 aliphatic carbocycles. The topological polar surface area (TPSA) is 46.3 Å². The van der Waals surface area contributed by atoms with Crippen LogP contribution in [0, 0.1) is 6.92 Å². The van der Waals surface area contributed by atoms with Crippen LogP contribution in [0.5, 0.6) is 0 Å². The van der Waals surface area contributed by atoms with Gasteiger partial charge in [0.05, 0.1) is 5.56 Å². The van der Waals surface area contributed by atoms with Gasteiger partial charge in [0.15, 0.2) is 0 Å². The van der Waals surface area contributed by atoms with E-state index in [4.69, 9.17) is 5.73 Å². The van der Waals surface area contributed by atoms with Crippen molar-refractivity contribution in [3.05, 3.63) is 29.3 Å². The quantitative estimate of drug-likeness (QED) is 0.756. The molecule has 1 unspecified atom stereocenters. The van der Waals surface area contributed by atoms with E-state index in [1.165, 1.54) is 6.42 Å². The number of nitrogens with two attached hydrogens (primary N) is 1. The number of hydrogen-bond acceptors (Lipinski definition) is 2. The molecule has 1 atom stereocenters. The predicted octanol–water partition coefficient (Wildman–Crippen LogP) is 2.59. The van der Waals surface area contributed by atoms with E-state index < -0.39 is 0 Å². The number of piperidine rings is 1. The Balaban J connectivity index is 2.30. The average molecular weight is 232 g/mol. The molecule has 17 heavy (non-hydrogen) atoms. The standard InChI is InChI=1S/C14H20N2O/c1-10-6-5-8-12(15)13(10)14(17)16-9-4-3-7-11(16)2/h5-6,8,11H,3-4,7,9,15H2,1-2H3. The molecular formula is C14H20N2O. The summed E-state index contributed by atoms with van der Waals surface area (Å²) in [4.78, 5) is 14.5. The molecule has 3 nitrogen and oxygen atoms in total. The van der Waals surface area contributed by atoms with Crippen LogP contribution in [0.3, 0.4) is 0 Å². The van der Waals surface area contributed by atoms with Crippen LogP contribution in [0.4, 0.5) is 5.69 Å². The van der Waals surface area contributed by atoms with Crippen LogP contribution in [0.25, 0.3) is 0 Å². The Morgan fingerprint density at radius 2 is 2.18 bits per heavy atom. The molecule has 1 aliphatic heterocycles. The highest BCUT2D eigenvalue weighted by molar-refractivity contribution is 6.00. The summed E-state index contributed by atoms with van der Waals surface area (Å²) in [5.74, 6) is 0.0906. The summed E-state index contributed by atoms with van der Waals surface area (Å²) in [6.07, 6.45) is 3.41. The normalized spacial score (nSPS) is 20.4. The Bertz CT molecular complexity index is 408. The third-order valence-corrected chi connectivity index (χ3v) is 3.58. The third-order valence-electron chi connectivity index (χ3n) is 3.58. The number of aryl methyl sites for hydroxylation is 1. The lowest BCUT2D eigenvalue weighted by atomic mass is 10.00. The molecule has 0 saturated carbocycles. The minimum Gasteiger partial charge on any atom is -0.398 e. The molecule has 0 radical (unpaired) electrons. The minimum atomic E-state index is 0.0906. The molecule has 1 aliphatic rings. The summed E-state index contributed by atoms with van der Waals surface area (Å²) in [5, 5.41) is 0. The third kappa shape index (κ3) is 2.28. The van der Waals surface area contributed by atoms with E-state index in [0.29, 0.717) is 17.3 Å². The summed E-state index contributed by atoms with van der Waals surface area (Å²) in [6, 6.07) is 5.96. The van der Waals surface area contributed by atoms with Crippen molar-refractivity contribution in [2.45, 2.75) is 39.2 Å². The molecule has 1 heterocycles. The largest absolute Gasteiger partial charge is 0.398 e. The number of likely N-dealkylation sites (tertiary alicyclic amines) is 1. The first-order valence-corrected chi connectivity index (χ1v) is 6.27. The molecule has 0 aromatic heterocycles. The molecule has 2 N–H and O–H groups in total. The second kappa shape index (κ2) is 4.78. The Morgan fingerprint density at radius 1 is 1.41 bits per heavy atom. The van der Waals surface area contributed by atoms with Crippen LogP contribution < -0.4 is 5.73 Å². The van der Waals surface area contributed by atoms with Crippen LogP contribution in [-0.4, -0.2) is 23.4 Å². The maximum absolute atomic E-state index is 12.5. The van der Waals surface area contributed by atoms with E-state index in [-0.39, 0.29) is 5.91 Å².